The Labute approximate surface area is 114 Å². The summed E-state index contributed by atoms with van der Waals surface area (Å²) in [4.78, 5) is 26.5. The fourth-order valence-corrected chi connectivity index (χ4v) is 1.88. The third-order valence-corrected chi connectivity index (χ3v) is 2.79. The SMILES string of the molecule is COCCNC(=O)c1nccc2c([N+](=O)[O-])cccc12. The molecule has 0 saturated heterocycles. The van der Waals surface area contributed by atoms with Crippen molar-refractivity contribution in [2.75, 3.05) is 20.3 Å². The van der Waals surface area contributed by atoms with Gasteiger partial charge in [-0.2, -0.15) is 0 Å². The van der Waals surface area contributed by atoms with Crippen molar-refractivity contribution in [1.82, 2.24) is 10.3 Å². The molecular formula is C13H13N3O4. The van der Waals surface area contributed by atoms with Crippen LogP contribution in [0.3, 0.4) is 0 Å². The number of nitro groups is 1. The highest BCUT2D eigenvalue weighted by atomic mass is 16.6. The molecule has 0 aliphatic rings. The fraction of sp³-hybridized carbons (Fsp3) is 0.231. The molecular weight excluding hydrogens is 262 g/mol. The molecule has 0 aliphatic carbocycles. The van der Waals surface area contributed by atoms with Gasteiger partial charge in [0.2, 0.25) is 0 Å². The van der Waals surface area contributed by atoms with E-state index in [2.05, 4.69) is 10.3 Å². The minimum Gasteiger partial charge on any atom is -0.383 e. The molecule has 0 aliphatic heterocycles. The van der Waals surface area contributed by atoms with Gasteiger partial charge in [0.25, 0.3) is 11.6 Å². The molecule has 0 radical (unpaired) electrons. The van der Waals surface area contributed by atoms with E-state index < -0.39 is 4.92 Å². The van der Waals surface area contributed by atoms with Crippen LogP contribution < -0.4 is 5.32 Å². The molecule has 1 heterocycles. The summed E-state index contributed by atoms with van der Waals surface area (Å²) in [5.74, 6) is -0.381. The minimum absolute atomic E-state index is 0.0455. The Bertz CT molecular complexity index is 657. The highest BCUT2D eigenvalue weighted by Crippen LogP contribution is 2.26. The van der Waals surface area contributed by atoms with Crippen molar-refractivity contribution >= 4 is 22.4 Å². The van der Waals surface area contributed by atoms with Gasteiger partial charge in [-0.1, -0.05) is 12.1 Å². The molecule has 0 saturated carbocycles. The van der Waals surface area contributed by atoms with Crippen LogP contribution in [0, 0.1) is 10.1 Å². The van der Waals surface area contributed by atoms with E-state index in [0.29, 0.717) is 23.9 Å². The number of nitrogens with zero attached hydrogens (tertiary/aromatic N) is 2. The maximum Gasteiger partial charge on any atom is 0.277 e. The number of carbonyl (C=O) groups excluding carboxylic acids is 1. The van der Waals surface area contributed by atoms with Gasteiger partial charge in [0, 0.05) is 31.3 Å². The number of non-ortho nitro benzene ring substituents is 1. The molecule has 1 N–H and O–H groups in total. The third-order valence-electron chi connectivity index (χ3n) is 2.79. The van der Waals surface area contributed by atoms with Gasteiger partial charge in [-0.3, -0.25) is 19.9 Å². The molecule has 7 nitrogen and oxygen atoms in total. The van der Waals surface area contributed by atoms with Crippen molar-refractivity contribution in [3.8, 4) is 0 Å². The summed E-state index contributed by atoms with van der Waals surface area (Å²) >= 11 is 0. The predicted octanol–water partition coefficient (Wildman–Crippen LogP) is 1.52. The molecule has 2 rings (SSSR count). The van der Waals surface area contributed by atoms with Crippen LogP contribution >= 0.6 is 0 Å². The first kappa shape index (κ1) is 13.9. The van der Waals surface area contributed by atoms with Gasteiger partial charge < -0.3 is 10.1 Å². The number of pyridine rings is 1. The van der Waals surface area contributed by atoms with Crippen LogP contribution in [0.2, 0.25) is 0 Å². The normalized spacial score (nSPS) is 10.4. The Morgan fingerprint density at radius 2 is 2.20 bits per heavy atom. The lowest BCUT2D eigenvalue weighted by molar-refractivity contribution is -0.383. The van der Waals surface area contributed by atoms with E-state index in [0.717, 1.165) is 0 Å². The zero-order chi connectivity index (χ0) is 14.5. The average molecular weight is 275 g/mol. The lowest BCUT2D eigenvalue weighted by Gasteiger charge is -2.07. The number of amides is 1. The van der Waals surface area contributed by atoms with E-state index in [9.17, 15) is 14.9 Å². The number of nitrogens with one attached hydrogen (secondary N) is 1. The quantitative estimate of drug-likeness (QED) is 0.507. The summed E-state index contributed by atoms with van der Waals surface area (Å²) in [6, 6.07) is 6.10. The van der Waals surface area contributed by atoms with Crippen molar-refractivity contribution < 1.29 is 14.5 Å². The summed E-state index contributed by atoms with van der Waals surface area (Å²) in [6.45, 7) is 0.735. The number of rotatable bonds is 5. The largest absolute Gasteiger partial charge is 0.383 e. The van der Waals surface area contributed by atoms with Gasteiger partial charge in [0.15, 0.2) is 0 Å². The Hall–Kier alpha value is -2.54. The molecule has 1 aromatic carbocycles. The number of carbonyl (C=O) groups is 1. The Morgan fingerprint density at radius 3 is 2.90 bits per heavy atom. The van der Waals surface area contributed by atoms with E-state index in [1.807, 2.05) is 0 Å². The Kier molecular flexibility index (Phi) is 4.21. The molecule has 1 amide bonds. The van der Waals surface area contributed by atoms with Gasteiger partial charge in [-0.25, -0.2) is 0 Å². The van der Waals surface area contributed by atoms with Crippen LogP contribution in [0.1, 0.15) is 10.5 Å². The zero-order valence-corrected chi connectivity index (χ0v) is 10.8. The maximum atomic E-state index is 12.0. The minimum atomic E-state index is -0.477. The predicted molar refractivity (Wildman–Crippen MR) is 72.6 cm³/mol. The summed E-state index contributed by atoms with van der Waals surface area (Å²) < 4.78 is 4.84. The number of benzene rings is 1. The van der Waals surface area contributed by atoms with Crippen LogP contribution in [0.5, 0.6) is 0 Å². The van der Waals surface area contributed by atoms with Gasteiger partial charge >= 0.3 is 0 Å². The van der Waals surface area contributed by atoms with Crippen molar-refractivity contribution in [3.63, 3.8) is 0 Å². The summed E-state index contributed by atoms with van der Waals surface area (Å²) in [6.07, 6.45) is 1.39. The van der Waals surface area contributed by atoms with Crippen LogP contribution in [-0.2, 0) is 4.74 Å². The third kappa shape index (κ3) is 2.72. The Balaban J connectivity index is 2.42. The number of hydrogen-bond donors (Lipinski definition) is 1. The second-order valence-corrected chi connectivity index (χ2v) is 4.04. The Morgan fingerprint density at radius 1 is 1.40 bits per heavy atom. The van der Waals surface area contributed by atoms with E-state index >= 15 is 0 Å². The molecule has 0 atom stereocenters. The number of ether oxygens (including phenoxy) is 1. The molecule has 0 spiro atoms. The average Bonchev–Trinajstić information content (AvgIpc) is 2.46. The van der Waals surface area contributed by atoms with Crippen LogP contribution in [-0.4, -0.2) is 36.1 Å². The number of aromatic nitrogens is 1. The first-order valence-corrected chi connectivity index (χ1v) is 5.94. The lowest BCUT2D eigenvalue weighted by Crippen LogP contribution is -2.27. The van der Waals surface area contributed by atoms with Gasteiger partial charge in [-0.15, -0.1) is 0 Å². The molecule has 104 valence electrons. The topological polar surface area (TPSA) is 94.4 Å². The van der Waals surface area contributed by atoms with Crippen molar-refractivity contribution in [2.24, 2.45) is 0 Å². The number of nitro benzene ring substituents is 1. The van der Waals surface area contributed by atoms with E-state index in [1.165, 1.54) is 31.5 Å². The molecule has 0 unspecified atom stereocenters. The van der Waals surface area contributed by atoms with Gasteiger partial charge in [0.1, 0.15) is 5.69 Å². The highest BCUT2D eigenvalue weighted by Gasteiger charge is 2.17. The van der Waals surface area contributed by atoms with E-state index in [1.54, 1.807) is 6.07 Å². The zero-order valence-electron chi connectivity index (χ0n) is 10.8. The number of fused-ring (bicyclic) bond motifs is 1. The number of hydrogen-bond acceptors (Lipinski definition) is 5. The second-order valence-electron chi connectivity index (χ2n) is 4.04. The van der Waals surface area contributed by atoms with Gasteiger partial charge in [0.05, 0.1) is 16.9 Å². The second kappa shape index (κ2) is 6.07. The monoisotopic (exact) mass is 275 g/mol. The number of methoxy groups -OCH3 is 1. The first-order valence-electron chi connectivity index (χ1n) is 5.94. The summed E-state index contributed by atoms with van der Waals surface area (Å²) in [5, 5.41) is 14.5. The van der Waals surface area contributed by atoms with Crippen molar-refractivity contribution in [2.45, 2.75) is 0 Å². The molecule has 0 fully saturated rings. The maximum absolute atomic E-state index is 12.0. The molecule has 0 bridgehead atoms. The van der Waals surface area contributed by atoms with Gasteiger partial charge in [-0.05, 0) is 6.07 Å². The highest BCUT2D eigenvalue weighted by molar-refractivity contribution is 6.07. The molecule has 20 heavy (non-hydrogen) atoms. The van der Waals surface area contributed by atoms with E-state index in [4.69, 9.17) is 4.74 Å². The summed E-state index contributed by atoms with van der Waals surface area (Å²) in [7, 11) is 1.53. The molecule has 1 aromatic heterocycles. The van der Waals surface area contributed by atoms with Crippen molar-refractivity contribution in [3.05, 3.63) is 46.3 Å². The molecule has 2 aromatic rings. The smallest absolute Gasteiger partial charge is 0.277 e. The standard InChI is InChI=1S/C13H13N3O4/c1-20-8-7-15-13(17)12-10-3-2-4-11(16(18)19)9(10)5-6-14-12/h2-6H,7-8H2,1H3,(H,15,17). The van der Waals surface area contributed by atoms with Crippen molar-refractivity contribution in [1.29, 1.82) is 0 Å². The van der Waals surface area contributed by atoms with Crippen LogP contribution in [0.4, 0.5) is 5.69 Å². The van der Waals surface area contributed by atoms with E-state index in [-0.39, 0.29) is 17.3 Å². The fourth-order valence-electron chi connectivity index (χ4n) is 1.88. The molecule has 7 heteroatoms. The first-order chi connectivity index (χ1) is 9.65. The summed E-state index contributed by atoms with van der Waals surface area (Å²) in [5.41, 5.74) is 0.123. The van der Waals surface area contributed by atoms with Crippen LogP contribution in [0.15, 0.2) is 30.5 Å². The lowest BCUT2D eigenvalue weighted by atomic mass is 10.1. The van der Waals surface area contributed by atoms with Crippen LogP contribution in [0.25, 0.3) is 10.8 Å².